The zero-order valence-corrected chi connectivity index (χ0v) is 27.2. The highest BCUT2D eigenvalue weighted by molar-refractivity contribution is 6.05. The maximum absolute atomic E-state index is 15.8. The molecule has 46 heavy (non-hydrogen) atoms. The summed E-state index contributed by atoms with van der Waals surface area (Å²) >= 11 is 0. The lowest BCUT2D eigenvalue weighted by atomic mass is 9.93. The van der Waals surface area contributed by atoms with Gasteiger partial charge in [0, 0.05) is 43.7 Å². The van der Waals surface area contributed by atoms with Crippen LogP contribution in [0.1, 0.15) is 101 Å². The molecule has 4 heterocycles. The largest absolute Gasteiger partial charge is 0.444 e. The van der Waals surface area contributed by atoms with Gasteiger partial charge in [-0.05, 0) is 90.7 Å². The number of benzene rings is 1. The van der Waals surface area contributed by atoms with Crippen LogP contribution in [0.2, 0.25) is 0 Å². The summed E-state index contributed by atoms with van der Waals surface area (Å²) in [6.07, 6.45) is 7.96. The number of nitrogens with zero attached hydrogens (tertiary/aromatic N) is 3. The van der Waals surface area contributed by atoms with Gasteiger partial charge in [-0.25, -0.2) is 9.18 Å². The average molecular weight is 643 g/mol. The van der Waals surface area contributed by atoms with E-state index in [0.29, 0.717) is 37.4 Å². The molecule has 0 spiro atoms. The number of piperidine rings is 3. The number of anilines is 1. The molecule has 0 bridgehead atoms. The molecule has 4 aliphatic heterocycles. The number of hydrogen-bond acceptors (Lipinski definition) is 8. The number of carbonyl (C=O) groups is 4. The highest BCUT2D eigenvalue weighted by Crippen LogP contribution is 2.36. The van der Waals surface area contributed by atoms with Crippen molar-refractivity contribution in [2.75, 3.05) is 31.1 Å². The van der Waals surface area contributed by atoms with Crippen molar-refractivity contribution in [3.63, 3.8) is 0 Å². The molecule has 1 unspecified atom stereocenters. The van der Waals surface area contributed by atoms with Gasteiger partial charge < -0.3 is 28.9 Å². The quantitative estimate of drug-likeness (QED) is 0.457. The van der Waals surface area contributed by atoms with Gasteiger partial charge in [0.2, 0.25) is 11.8 Å². The Bertz CT molecular complexity index is 1330. The van der Waals surface area contributed by atoms with Crippen LogP contribution < -0.4 is 10.2 Å². The van der Waals surface area contributed by atoms with Crippen LogP contribution in [-0.2, 0) is 30.3 Å². The fourth-order valence-corrected chi connectivity index (χ4v) is 7.42. The number of likely N-dealkylation sites (tertiary alicyclic amines) is 1. The van der Waals surface area contributed by atoms with E-state index in [9.17, 15) is 19.2 Å². The molecular formula is C34H47FN4O7. The van der Waals surface area contributed by atoms with Crippen molar-refractivity contribution < 1.29 is 37.8 Å². The van der Waals surface area contributed by atoms with Crippen LogP contribution in [-0.4, -0.2) is 95.9 Å². The van der Waals surface area contributed by atoms with Crippen LogP contribution in [0.4, 0.5) is 14.9 Å². The molecule has 0 radical (unpaired) electrons. The van der Waals surface area contributed by atoms with Gasteiger partial charge in [0.25, 0.3) is 5.91 Å². The molecule has 4 fully saturated rings. The van der Waals surface area contributed by atoms with Gasteiger partial charge in [-0.3, -0.25) is 19.7 Å². The fraction of sp³-hybridized carbons (Fsp3) is 0.706. The number of carbonyl (C=O) groups excluding carboxylic acids is 4. The highest BCUT2D eigenvalue weighted by atomic mass is 19.1. The SMILES string of the molecule is CC(C)(C)OC(=O)N1CCC(OC2CCC(OC3CCN(c4ccc5c(c4F)CN(C4CCC(=O)NC4=O)C5=O)CC3)CC2)CC1. The normalized spacial score (nSPS) is 26.7. The number of rotatable bonds is 6. The molecular weight excluding hydrogens is 595 g/mol. The van der Waals surface area contributed by atoms with Crippen molar-refractivity contribution in [3.8, 4) is 0 Å². The summed E-state index contributed by atoms with van der Waals surface area (Å²) in [4.78, 5) is 54.5. The maximum atomic E-state index is 15.8. The van der Waals surface area contributed by atoms with E-state index in [4.69, 9.17) is 14.2 Å². The lowest BCUT2D eigenvalue weighted by Gasteiger charge is -2.38. The van der Waals surface area contributed by atoms with Gasteiger partial charge in [0.1, 0.15) is 11.6 Å². The van der Waals surface area contributed by atoms with E-state index in [-0.39, 0.29) is 67.3 Å². The molecule has 1 atom stereocenters. The number of halogens is 1. The van der Waals surface area contributed by atoms with Gasteiger partial charge in [0.05, 0.1) is 36.6 Å². The summed E-state index contributed by atoms with van der Waals surface area (Å²) in [6, 6.07) is 2.57. The predicted molar refractivity (Wildman–Crippen MR) is 167 cm³/mol. The van der Waals surface area contributed by atoms with Crippen LogP contribution in [0.25, 0.3) is 0 Å². The molecule has 12 heteroatoms. The first-order valence-corrected chi connectivity index (χ1v) is 16.9. The van der Waals surface area contributed by atoms with E-state index in [0.717, 1.165) is 51.4 Å². The summed E-state index contributed by atoms with van der Waals surface area (Å²) in [7, 11) is 0. The van der Waals surface area contributed by atoms with E-state index >= 15 is 4.39 Å². The Balaban J connectivity index is 0.925. The monoisotopic (exact) mass is 642 g/mol. The number of nitrogens with one attached hydrogen (secondary N) is 1. The molecule has 1 aromatic rings. The summed E-state index contributed by atoms with van der Waals surface area (Å²) < 4.78 is 34.2. The van der Waals surface area contributed by atoms with Crippen LogP contribution in [0.5, 0.6) is 0 Å². The number of imide groups is 1. The van der Waals surface area contributed by atoms with Crippen LogP contribution in [0.3, 0.4) is 0 Å². The Morgan fingerprint density at radius 1 is 0.826 bits per heavy atom. The van der Waals surface area contributed by atoms with E-state index in [1.54, 1.807) is 17.0 Å². The van der Waals surface area contributed by atoms with Crippen molar-refractivity contribution in [1.82, 2.24) is 15.1 Å². The van der Waals surface area contributed by atoms with Crippen molar-refractivity contribution in [3.05, 3.63) is 29.1 Å². The lowest BCUT2D eigenvalue weighted by molar-refractivity contribution is -0.136. The van der Waals surface area contributed by atoms with Crippen molar-refractivity contribution >= 4 is 29.5 Å². The smallest absolute Gasteiger partial charge is 0.410 e. The first-order valence-electron chi connectivity index (χ1n) is 16.9. The molecule has 0 aromatic heterocycles. The molecule has 11 nitrogen and oxygen atoms in total. The van der Waals surface area contributed by atoms with Crippen molar-refractivity contribution in [2.24, 2.45) is 0 Å². The van der Waals surface area contributed by atoms with Crippen molar-refractivity contribution in [2.45, 2.75) is 128 Å². The maximum Gasteiger partial charge on any atom is 0.410 e. The molecule has 252 valence electrons. The second-order valence-electron chi connectivity index (χ2n) is 14.3. The van der Waals surface area contributed by atoms with Crippen LogP contribution in [0, 0.1) is 5.82 Å². The number of fused-ring (bicyclic) bond motifs is 1. The Labute approximate surface area is 270 Å². The zero-order chi connectivity index (χ0) is 32.6. The summed E-state index contributed by atoms with van der Waals surface area (Å²) in [5, 5.41) is 2.29. The Hall–Kier alpha value is -3.25. The molecule has 1 N–H and O–H groups in total. The van der Waals surface area contributed by atoms with Gasteiger partial charge in [0.15, 0.2) is 5.82 Å². The standard InChI is InChI=1S/C34H47FN4O7/c1-34(2,3)46-33(43)38-18-14-24(15-19-38)45-22-6-4-21(5-7-22)44-23-12-16-37(17-13-23)27-9-8-25-26(30(27)35)20-39(32(25)42)28-10-11-29(40)36-31(28)41/h8-9,21-24,28H,4-7,10-20H2,1-3H3,(H,36,40,41). The Kier molecular flexibility index (Phi) is 9.57. The van der Waals surface area contributed by atoms with Gasteiger partial charge in [-0.1, -0.05) is 0 Å². The highest BCUT2D eigenvalue weighted by Gasteiger charge is 2.41. The van der Waals surface area contributed by atoms with E-state index < -0.39 is 23.4 Å². The Morgan fingerprint density at radius 2 is 1.39 bits per heavy atom. The molecule has 3 saturated heterocycles. The minimum Gasteiger partial charge on any atom is -0.444 e. The predicted octanol–water partition coefficient (Wildman–Crippen LogP) is 4.30. The minimum absolute atomic E-state index is 0.0252. The third-order valence-electron chi connectivity index (χ3n) is 9.90. The first-order chi connectivity index (χ1) is 21.9. The average Bonchev–Trinajstić information content (AvgIpc) is 3.35. The zero-order valence-electron chi connectivity index (χ0n) is 27.2. The van der Waals surface area contributed by atoms with E-state index in [2.05, 4.69) is 5.32 Å². The molecule has 1 aromatic carbocycles. The Morgan fingerprint density at radius 3 is 1.96 bits per heavy atom. The second kappa shape index (κ2) is 13.5. The fourth-order valence-electron chi connectivity index (χ4n) is 7.42. The first kappa shape index (κ1) is 32.7. The molecule has 1 aliphatic carbocycles. The number of amides is 4. The van der Waals surface area contributed by atoms with Crippen LogP contribution >= 0.6 is 0 Å². The molecule has 1 saturated carbocycles. The second-order valence-corrected chi connectivity index (χ2v) is 14.3. The summed E-state index contributed by atoms with van der Waals surface area (Å²) in [5.41, 5.74) is 0.591. The molecule has 6 rings (SSSR count). The van der Waals surface area contributed by atoms with Gasteiger partial charge in [-0.2, -0.15) is 0 Å². The third kappa shape index (κ3) is 7.33. The van der Waals surface area contributed by atoms with E-state index in [1.165, 1.54) is 4.90 Å². The molecule has 5 aliphatic rings. The minimum atomic E-state index is -0.765. The van der Waals surface area contributed by atoms with E-state index in [1.807, 2.05) is 25.7 Å². The topological polar surface area (TPSA) is 118 Å². The van der Waals surface area contributed by atoms with Gasteiger partial charge in [-0.15, -0.1) is 0 Å². The number of hydrogen-bond donors (Lipinski definition) is 1. The number of ether oxygens (including phenoxy) is 3. The van der Waals surface area contributed by atoms with Crippen molar-refractivity contribution in [1.29, 1.82) is 0 Å². The summed E-state index contributed by atoms with van der Waals surface area (Å²) in [6.45, 7) is 8.30. The molecule has 4 amide bonds. The van der Waals surface area contributed by atoms with Gasteiger partial charge >= 0.3 is 6.09 Å². The lowest BCUT2D eigenvalue weighted by Crippen LogP contribution is -2.52. The van der Waals surface area contributed by atoms with Crippen LogP contribution in [0.15, 0.2) is 12.1 Å². The summed E-state index contributed by atoms with van der Waals surface area (Å²) in [5.74, 6) is -1.63. The third-order valence-corrected chi connectivity index (χ3v) is 9.90.